The zero-order chi connectivity index (χ0) is 14.7. The molecule has 1 unspecified atom stereocenters. The molecule has 3 heterocycles. The van der Waals surface area contributed by atoms with E-state index in [1.165, 1.54) is 5.69 Å². The van der Waals surface area contributed by atoms with Crippen LogP contribution in [-0.4, -0.2) is 34.4 Å². The smallest absolute Gasteiger partial charge is 0.118 e. The molecule has 2 aromatic heterocycles. The van der Waals surface area contributed by atoms with E-state index in [4.69, 9.17) is 9.15 Å². The molecule has 5 heteroatoms. The Morgan fingerprint density at radius 3 is 3.00 bits per heavy atom. The van der Waals surface area contributed by atoms with E-state index < -0.39 is 0 Å². The first-order valence-electron chi connectivity index (χ1n) is 7.60. The molecule has 0 radical (unpaired) electrons. The first-order chi connectivity index (χ1) is 10.2. The molecule has 0 spiro atoms. The fraction of sp³-hybridized carbons (Fsp3) is 0.562. The average Bonchev–Trinajstić information content (AvgIpc) is 3.02. The van der Waals surface area contributed by atoms with Crippen LogP contribution in [0.2, 0.25) is 0 Å². The molecule has 1 aliphatic heterocycles. The molecule has 0 fully saturated rings. The monoisotopic (exact) mass is 289 g/mol. The third-order valence-electron chi connectivity index (χ3n) is 3.87. The number of aromatic nitrogens is 2. The number of ether oxygens (including phenoxy) is 1. The van der Waals surface area contributed by atoms with E-state index in [0.29, 0.717) is 5.92 Å². The van der Waals surface area contributed by atoms with Crippen molar-refractivity contribution >= 4 is 0 Å². The Morgan fingerprint density at radius 2 is 2.24 bits per heavy atom. The van der Waals surface area contributed by atoms with Gasteiger partial charge in [-0.1, -0.05) is 0 Å². The summed E-state index contributed by atoms with van der Waals surface area (Å²) in [5, 5.41) is 4.43. The summed E-state index contributed by atoms with van der Waals surface area (Å²) < 4.78 is 13.5. The molecule has 0 saturated heterocycles. The molecule has 0 saturated carbocycles. The molecule has 5 nitrogen and oxygen atoms in total. The van der Waals surface area contributed by atoms with Gasteiger partial charge in [-0.05, 0) is 32.0 Å². The van der Waals surface area contributed by atoms with Crippen molar-refractivity contribution in [3.63, 3.8) is 0 Å². The predicted molar refractivity (Wildman–Crippen MR) is 79.8 cm³/mol. The highest BCUT2D eigenvalue weighted by atomic mass is 16.5. The van der Waals surface area contributed by atoms with Crippen LogP contribution in [0.3, 0.4) is 0 Å². The van der Waals surface area contributed by atoms with Crippen molar-refractivity contribution in [1.29, 1.82) is 0 Å². The van der Waals surface area contributed by atoms with Gasteiger partial charge in [-0.3, -0.25) is 9.58 Å². The van der Waals surface area contributed by atoms with Crippen molar-refractivity contribution in [2.24, 2.45) is 5.92 Å². The fourth-order valence-corrected chi connectivity index (χ4v) is 2.92. The first kappa shape index (κ1) is 14.4. The van der Waals surface area contributed by atoms with E-state index in [9.17, 15) is 0 Å². The number of hydrogen-bond acceptors (Lipinski definition) is 4. The summed E-state index contributed by atoms with van der Waals surface area (Å²) >= 11 is 0. The Hall–Kier alpha value is -1.59. The Balaban J connectivity index is 1.73. The van der Waals surface area contributed by atoms with Gasteiger partial charge in [0.25, 0.3) is 0 Å². The summed E-state index contributed by atoms with van der Waals surface area (Å²) in [5.41, 5.74) is 1.26. The SMILES string of the molecule is CCOCC1CN(Cc2ccc(C)o2)Cc2ccnn2C1. The summed E-state index contributed by atoms with van der Waals surface area (Å²) in [6.07, 6.45) is 1.88. The highest BCUT2D eigenvalue weighted by Gasteiger charge is 2.23. The maximum atomic E-state index is 5.72. The minimum Gasteiger partial charge on any atom is -0.465 e. The van der Waals surface area contributed by atoms with Crippen LogP contribution in [0.15, 0.2) is 28.8 Å². The van der Waals surface area contributed by atoms with Crippen LogP contribution in [0.25, 0.3) is 0 Å². The molecule has 3 rings (SSSR count). The lowest BCUT2D eigenvalue weighted by molar-refractivity contribution is 0.0825. The summed E-state index contributed by atoms with van der Waals surface area (Å²) in [6.45, 7) is 9.24. The largest absolute Gasteiger partial charge is 0.465 e. The van der Waals surface area contributed by atoms with Gasteiger partial charge in [0.15, 0.2) is 0 Å². The van der Waals surface area contributed by atoms with Crippen molar-refractivity contribution in [2.75, 3.05) is 19.8 Å². The number of aryl methyl sites for hydroxylation is 1. The van der Waals surface area contributed by atoms with Gasteiger partial charge in [-0.15, -0.1) is 0 Å². The van der Waals surface area contributed by atoms with Crippen molar-refractivity contribution in [1.82, 2.24) is 14.7 Å². The number of fused-ring (bicyclic) bond motifs is 1. The third-order valence-corrected chi connectivity index (χ3v) is 3.87. The van der Waals surface area contributed by atoms with Gasteiger partial charge in [-0.25, -0.2) is 0 Å². The predicted octanol–water partition coefficient (Wildman–Crippen LogP) is 2.45. The molecule has 114 valence electrons. The molecule has 0 aliphatic carbocycles. The van der Waals surface area contributed by atoms with Crippen LogP contribution in [0.4, 0.5) is 0 Å². The summed E-state index contributed by atoms with van der Waals surface area (Å²) in [7, 11) is 0. The Kier molecular flexibility index (Phi) is 4.41. The zero-order valence-electron chi connectivity index (χ0n) is 12.8. The van der Waals surface area contributed by atoms with Gasteiger partial charge in [-0.2, -0.15) is 5.10 Å². The Labute approximate surface area is 125 Å². The maximum Gasteiger partial charge on any atom is 0.118 e. The van der Waals surface area contributed by atoms with E-state index in [0.717, 1.165) is 50.9 Å². The molecular weight excluding hydrogens is 266 g/mol. The van der Waals surface area contributed by atoms with Crippen molar-refractivity contribution < 1.29 is 9.15 Å². The second kappa shape index (κ2) is 6.45. The topological polar surface area (TPSA) is 43.4 Å². The van der Waals surface area contributed by atoms with Crippen LogP contribution in [0, 0.1) is 12.8 Å². The highest BCUT2D eigenvalue weighted by molar-refractivity contribution is 5.07. The lowest BCUT2D eigenvalue weighted by atomic mass is 10.1. The molecule has 1 atom stereocenters. The molecule has 21 heavy (non-hydrogen) atoms. The van der Waals surface area contributed by atoms with Gasteiger partial charge in [0.2, 0.25) is 0 Å². The Bertz CT molecular complexity index is 576. The molecule has 0 amide bonds. The molecule has 0 aromatic carbocycles. The van der Waals surface area contributed by atoms with Crippen molar-refractivity contribution in [3.8, 4) is 0 Å². The number of rotatable bonds is 5. The minimum atomic E-state index is 0.460. The van der Waals surface area contributed by atoms with Crippen LogP contribution in [-0.2, 0) is 24.4 Å². The summed E-state index contributed by atoms with van der Waals surface area (Å²) in [4.78, 5) is 2.42. The standard InChI is InChI=1S/C16H23N3O2/c1-3-20-12-14-8-18(11-16-5-4-13(2)21-16)10-15-6-7-17-19(15)9-14/h4-7,14H,3,8-12H2,1-2H3. The summed E-state index contributed by atoms with van der Waals surface area (Å²) in [5.74, 6) is 2.45. The van der Waals surface area contributed by atoms with E-state index in [1.54, 1.807) is 0 Å². The molecule has 2 aromatic rings. The second-order valence-corrected chi connectivity index (χ2v) is 5.71. The first-order valence-corrected chi connectivity index (χ1v) is 7.60. The number of nitrogens with zero attached hydrogens (tertiary/aromatic N) is 3. The van der Waals surface area contributed by atoms with E-state index in [1.807, 2.05) is 26.1 Å². The minimum absolute atomic E-state index is 0.460. The zero-order valence-corrected chi connectivity index (χ0v) is 12.8. The van der Waals surface area contributed by atoms with Gasteiger partial charge in [0, 0.05) is 38.4 Å². The van der Waals surface area contributed by atoms with Gasteiger partial charge >= 0.3 is 0 Å². The van der Waals surface area contributed by atoms with E-state index >= 15 is 0 Å². The lowest BCUT2D eigenvalue weighted by Crippen LogP contribution is -2.30. The van der Waals surface area contributed by atoms with Gasteiger partial charge < -0.3 is 9.15 Å². The molecule has 0 N–H and O–H groups in total. The van der Waals surface area contributed by atoms with Crippen LogP contribution in [0.1, 0.15) is 24.1 Å². The van der Waals surface area contributed by atoms with Gasteiger partial charge in [0.05, 0.1) is 18.8 Å². The maximum absolute atomic E-state index is 5.72. The highest BCUT2D eigenvalue weighted by Crippen LogP contribution is 2.19. The van der Waals surface area contributed by atoms with E-state index in [2.05, 4.69) is 26.8 Å². The van der Waals surface area contributed by atoms with E-state index in [-0.39, 0.29) is 0 Å². The van der Waals surface area contributed by atoms with Crippen LogP contribution >= 0.6 is 0 Å². The number of hydrogen-bond donors (Lipinski definition) is 0. The average molecular weight is 289 g/mol. The van der Waals surface area contributed by atoms with Crippen LogP contribution < -0.4 is 0 Å². The number of furan rings is 1. The summed E-state index contributed by atoms with van der Waals surface area (Å²) in [6, 6.07) is 6.19. The molecular formula is C16H23N3O2. The molecule has 0 bridgehead atoms. The normalized spacial score (nSPS) is 19.4. The molecule has 1 aliphatic rings. The fourth-order valence-electron chi connectivity index (χ4n) is 2.92. The third kappa shape index (κ3) is 3.54. The lowest BCUT2D eigenvalue weighted by Gasteiger charge is -2.22. The van der Waals surface area contributed by atoms with Crippen molar-refractivity contribution in [3.05, 3.63) is 41.6 Å². The quantitative estimate of drug-likeness (QED) is 0.848. The van der Waals surface area contributed by atoms with Crippen LogP contribution in [0.5, 0.6) is 0 Å². The Morgan fingerprint density at radius 1 is 1.33 bits per heavy atom. The van der Waals surface area contributed by atoms with Crippen molar-refractivity contribution in [2.45, 2.75) is 33.5 Å². The second-order valence-electron chi connectivity index (χ2n) is 5.71. The van der Waals surface area contributed by atoms with Gasteiger partial charge in [0.1, 0.15) is 11.5 Å².